The molecule has 0 aliphatic carbocycles. The first-order valence-electron chi connectivity index (χ1n) is 5.40. The van der Waals surface area contributed by atoms with Crippen molar-refractivity contribution < 1.29 is 8.42 Å². The molecule has 1 rings (SSSR count). The SMILES string of the molecule is CSCCC(C)N(C)S(=O)(=O)c1ccc(C#N)s1. The third-order valence-corrected chi connectivity index (χ3v) is 6.76. The summed E-state index contributed by atoms with van der Waals surface area (Å²) in [6, 6.07) is 4.94. The Labute approximate surface area is 117 Å². The molecule has 1 aromatic heterocycles. The summed E-state index contributed by atoms with van der Waals surface area (Å²) >= 11 is 2.71. The largest absolute Gasteiger partial charge is 0.252 e. The van der Waals surface area contributed by atoms with Crippen LogP contribution in [0, 0.1) is 11.3 Å². The maximum absolute atomic E-state index is 12.3. The van der Waals surface area contributed by atoms with E-state index < -0.39 is 10.0 Å². The molecule has 0 spiro atoms. The molecule has 0 bridgehead atoms. The van der Waals surface area contributed by atoms with E-state index in [4.69, 9.17) is 5.26 Å². The third kappa shape index (κ3) is 3.48. The molecule has 100 valence electrons. The minimum absolute atomic E-state index is 0.0462. The van der Waals surface area contributed by atoms with Crippen LogP contribution in [-0.4, -0.2) is 37.8 Å². The van der Waals surface area contributed by atoms with Gasteiger partial charge in [-0.05, 0) is 37.5 Å². The second kappa shape index (κ2) is 6.57. The summed E-state index contributed by atoms with van der Waals surface area (Å²) in [6.45, 7) is 1.90. The van der Waals surface area contributed by atoms with Crippen molar-refractivity contribution in [2.45, 2.75) is 23.6 Å². The van der Waals surface area contributed by atoms with E-state index >= 15 is 0 Å². The maximum Gasteiger partial charge on any atom is 0.252 e. The molecule has 0 aliphatic heterocycles. The van der Waals surface area contributed by atoms with Gasteiger partial charge in [-0.2, -0.15) is 21.3 Å². The van der Waals surface area contributed by atoms with Crippen LogP contribution in [0.5, 0.6) is 0 Å². The molecule has 18 heavy (non-hydrogen) atoms. The Balaban J connectivity index is 2.89. The molecule has 0 fully saturated rings. The van der Waals surface area contributed by atoms with Gasteiger partial charge in [0.05, 0.1) is 0 Å². The van der Waals surface area contributed by atoms with Crippen LogP contribution in [0.4, 0.5) is 0 Å². The first-order chi connectivity index (χ1) is 8.43. The summed E-state index contributed by atoms with van der Waals surface area (Å²) in [6.07, 6.45) is 2.81. The molecule has 0 aliphatic rings. The van der Waals surface area contributed by atoms with Gasteiger partial charge in [-0.25, -0.2) is 8.42 Å². The molecular formula is C11H16N2O2S3. The zero-order valence-corrected chi connectivity index (χ0v) is 13.0. The topological polar surface area (TPSA) is 61.2 Å². The van der Waals surface area contributed by atoms with E-state index in [2.05, 4.69) is 0 Å². The van der Waals surface area contributed by atoms with Crippen molar-refractivity contribution in [3.05, 3.63) is 17.0 Å². The average molecular weight is 304 g/mol. The van der Waals surface area contributed by atoms with Gasteiger partial charge in [0.2, 0.25) is 0 Å². The Bertz CT molecular complexity index is 531. The van der Waals surface area contributed by atoms with Crippen molar-refractivity contribution in [2.24, 2.45) is 0 Å². The number of hydrogen-bond acceptors (Lipinski definition) is 5. The van der Waals surface area contributed by atoms with Gasteiger partial charge < -0.3 is 0 Å². The van der Waals surface area contributed by atoms with Crippen LogP contribution >= 0.6 is 23.1 Å². The number of hydrogen-bond donors (Lipinski definition) is 0. The van der Waals surface area contributed by atoms with Crippen LogP contribution in [0.15, 0.2) is 16.3 Å². The van der Waals surface area contributed by atoms with Crippen LogP contribution in [-0.2, 0) is 10.0 Å². The monoisotopic (exact) mass is 304 g/mol. The number of thioether (sulfide) groups is 1. The van der Waals surface area contributed by atoms with Gasteiger partial charge in [0.1, 0.15) is 15.2 Å². The molecule has 0 saturated carbocycles. The quantitative estimate of drug-likeness (QED) is 0.809. The van der Waals surface area contributed by atoms with Crippen LogP contribution in [0.25, 0.3) is 0 Å². The van der Waals surface area contributed by atoms with Crippen molar-refractivity contribution >= 4 is 33.1 Å². The Hall–Kier alpha value is -0.550. The first-order valence-corrected chi connectivity index (χ1v) is 9.05. The Morgan fingerprint density at radius 1 is 1.56 bits per heavy atom. The third-order valence-electron chi connectivity index (χ3n) is 2.69. The van der Waals surface area contributed by atoms with Crippen molar-refractivity contribution in [3.8, 4) is 6.07 Å². The van der Waals surface area contributed by atoms with Crippen molar-refractivity contribution in [2.75, 3.05) is 19.1 Å². The van der Waals surface area contributed by atoms with E-state index in [9.17, 15) is 8.42 Å². The fraction of sp³-hybridized carbons (Fsp3) is 0.545. The molecular weight excluding hydrogens is 288 g/mol. The summed E-state index contributed by atoms with van der Waals surface area (Å²) < 4.78 is 26.2. The van der Waals surface area contributed by atoms with Gasteiger partial charge in [-0.3, -0.25) is 0 Å². The van der Waals surface area contributed by atoms with Crippen LogP contribution < -0.4 is 0 Å². The van der Waals surface area contributed by atoms with Crippen LogP contribution in [0.2, 0.25) is 0 Å². The van der Waals surface area contributed by atoms with Gasteiger partial charge in [-0.15, -0.1) is 11.3 Å². The molecule has 0 radical (unpaired) electrons. The lowest BCUT2D eigenvalue weighted by molar-refractivity contribution is 0.383. The van der Waals surface area contributed by atoms with Crippen molar-refractivity contribution in [1.29, 1.82) is 5.26 Å². The molecule has 1 unspecified atom stereocenters. The smallest absolute Gasteiger partial charge is 0.206 e. The summed E-state index contributed by atoms with van der Waals surface area (Å²) in [7, 11) is -1.88. The van der Waals surface area contributed by atoms with E-state index in [-0.39, 0.29) is 10.3 Å². The van der Waals surface area contributed by atoms with Gasteiger partial charge in [0.15, 0.2) is 0 Å². The molecule has 0 saturated heterocycles. The predicted molar refractivity (Wildman–Crippen MR) is 76.4 cm³/mol. The number of sulfonamides is 1. The molecule has 0 amide bonds. The lowest BCUT2D eigenvalue weighted by Crippen LogP contribution is -2.35. The van der Waals surface area contributed by atoms with E-state index in [0.717, 1.165) is 23.5 Å². The second-order valence-corrected chi connectivity index (χ2v) is 8.18. The highest BCUT2D eigenvalue weighted by Gasteiger charge is 2.26. The van der Waals surface area contributed by atoms with E-state index in [1.807, 2.05) is 19.2 Å². The lowest BCUT2D eigenvalue weighted by Gasteiger charge is -2.23. The summed E-state index contributed by atoms with van der Waals surface area (Å²) in [4.78, 5) is 0.416. The molecule has 1 heterocycles. The van der Waals surface area contributed by atoms with E-state index in [0.29, 0.717) is 4.88 Å². The van der Waals surface area contributed by atoms with Crippen molar-refractivity contribution in [1.82, 2.24) is 4.31 Å². The van der Waals surface area contributed by atoms with E-state index in [1.54, 1.807) is 18.8 Å². The number of nitrogens with zero attached hydrogens (tertiary/aromatic N) is 2. The fourth-order valence-electron chi connectivity index (χ4n) is 1.37. The Kier molecular flexibility index (Phi) is 5.66. The number of thiophene rings is 1. The summed E-state index contributed by atoms with van der Waals surface area (Å²) in [5.74, 6) is 0.926. The highest BCUT2D eigenvalue weighted by molar-refractivity contribution is 7.98. The number of rotatable bonds is 6. The molecule has 7 heteroatoms. The van der Waals surface area contributed by atoms with Gasteiger partial charge in [0, 0.05) is 13.1 Å². The summed E-state index contributed by atoms with van der Waals surface area (Å²) in [5.41, 5.74) is 0. The normalized spacial score (nSPS) is 13.5. The molecule has 1 atom stereocenters. The maximum atomic E-state index is 12.3. The standard InChI is InChI=1S/C11H16N2O2S3/c1-9(6-7-16-3)13(2)18(14,15)11-5-4-10(8-12)17-11/h4-5,9H,6-7H2,1-3H3. The zero-order chi connectivity index (χ0) is 13.8. The second-order valence-electron chi connectivity index (χ2n) is 3.88. The molecule has 0 N–H and O–H groups in total. The van der Waals surface area contributed by atoms with Crippen molar-refractivity contribution in [3.63, 3.8) is 0 Å². The average Bonchev–Trinajstić information content (AvgIpc) is 2.84. The Morgan fingerprint density at radius 3 is 2.72 bits per heavy atom. The van der Waals surface area contributed by atoms with Gasteiger partial charge in [0.25, 0.3) is 10.0 Å². The van der Waals surface area contributed by atoms with Crippen LogP contribution in [0.3, 0.4) is 0 Å². The minimum Gasteiger partial charge on any atom is -0.206 e. The van der Waals surface area contributed by atoms with Crippen LogP contribution in [0.1, 0.15) is 18.2 Å². The van der Waals surface area contributed by atoms with Gasteiger partial charge >= 0.3 is 0 Å². The zero-order valence-electron chi connectivity index (χ0n) is 10.6. The minimum atomic E-state index is -3.47. The summed E-state index contributed by atoms with van der Waals surface area (Å²) in [5, 5.41) is 8.73. The highest BCUT2D eigenvalue weighted by Crippen LogP contribution is 2.25. The van der Waals surface area contributed by atoms with E-state index in [1.165, 1.54) is 16.4 Å². The van der Waals surface area contributed by atoms with Gasteiger partial charge in [-0.1, -0.05) is 0 Å². The number of nitriles is 1. The Morgan fingerprint density at radius 2 is 2.22 bits per heavy atom. The lowest BCUT2D eigenvalue weighted by atomic mass is 10.3. The predicted octanol–water partition coefficient (Wildman–Crippen LogP) is 2.38. The molecule has 4 nitrogen and oxygen atoms in total. The first kappa shape index (κ1) is 15.5. The molecule has 1 aromatic rings. The molecule has 0 aromatic carbocycles. The highest BCUT2D eigenvalue weighted by atomic mass is 32.2. The fourth-order valence-corrected chi connectivity index (χ4v) is 4.63.